The van der Waals surface area contributed by atoms with E-state index >= 15 is 0 Å². The van der Waals surface area contributed by atoms with Gasteiger partial charge in [-0.2, -0.15) is 15.0 Å². The van der Waals surface area contributed by atoms with Gasteiger partial charge < -0.3 is 21.1 Å². The number of anilines is 3. The van der Waals surface area contributed by atoms with E-state index in [4.69, 9.17) is 5.11 Å². The van der Waals surface area contributed by atoms with E-state index in [2.05, 4.69) is 30.9 Å². The molecular weight excluding hydrogens is 244 g/mol. The lowest BCUT2D eigenvalue weighted by molar-refractivity contribution is 0.292. The fraction of sp³-hybridized carbons (Fsp3) is 0.750. The number of nitrogens with one attached hydrogen (secondary N) is 3. The van der Waals surface area contributed by atoms with Gasteiger partial charge in [-0.25, -0.2) is 0 Å². The molecule has 7 heteroatoms. The van der Waals surface area contributed by atoms with Crippen molar-refractivity contribution in [3.63, 3.8) is 0 Å². The number of aromatic nitrogens is 3. The highest BCUT2D eigenvalue weighted by atomic mass is 16.3. The second-order valence-electron chi connectivity index (χ2n) is 4.91. The standard InChI is InChI=1S/C12H24N6O/c1-8(2)14-11-16-10(13-6-5-7-19)17-12(18-11)15-9(3)4/h8-9,19H,5-7H2,1-4H3,(H3,13,14,15,16,17,18). The number of hydrogen-bond donors (Lipinski definition) is 4. The summed E-state index contributed by atoms with van der Waals surface area (Å²) in [5, 5.41) is 18.2. The summed E-state index contributed by atoms with van der Waals surface area (Å²) in [6, 6.07) is 0.499. The normalized spacial score (nSPS) is 10.9. The number of aliphatic hydroxyl groups is 1. The molecule has 0 bridgehead atoms. The highest BCUT2D eigenvalue weighted by molar-refractivity contribution is 5.42. The van der Waals surface area contributed by atoms with Crippen LogP contribution in [0.15, 0.2) is 0 Å². The van der Waals surface area contributed by atoms with Crippen molar-refractivity contribution in [3.8, 4) is 0 Å². The summed E-state index contributed by atoms with van der Waals surface area (Å²) >= 11 is 0. The molecule has 0 aliphatic heterocycles. The van der Waals surface area contributed by atoms with Crippen LogP contribution in [0.25, 0.3) is 0 Å². The number of hydrogen-bond acceptors (Lipinski definition) is 7. The first-order valence-electron chi connectivity index (χ1n) is 6.65. The average molecular weight is 268 g/mol. The summed E-state index contributed by atoms with van der Waals surface area (Å²) < 4.78 is 0. The Kier molecular flexibility index (Phi) is 6.27. The van der Waals surface area contributed by atoms with Crippen LogP contribution in [-0.4, -0.2) is 45.3 Å². The van der Waals surface area contributed by atoms with Crippen LogP contribution in [0.1, 0.15) is 34.1 Å². The molecule has 0 spiro atoms. The minimum absolute atomic E-state index is 0.145. The predicted molar refractivity (Wildman–Crippen MR) is 77.5 cm³/mol. The van der Waals surface area contributed by atoms with Gasteiger partial charge in [-0.1, -0.05) is 0 Å². The summed E-state index contributed by atoms with van der Waals surface area (Å²) in [6.45, 7) is 8.88. The van der Waals surface area contributed by atoms with Gasteiger partial charge in [0.15, 0.2) is 0 Å². The van der Waals surface area contributed by atoms with Crippen molar-refractivity contribution in [1.29, 1.82) is 0 Å². The van der Waals surface area contributed by atoms with Crippen molar-refractivity contribution in [2.45, 2.75) is 46.2 Å². The highest BCUT2D eigenvalue weighted by Crippen LogP contribution is 2.11. The molecule has 1 aromatic heterocycles. The molecule has 1 heterocycles. The lowest BCUT2D eigenvalue weighted by atomic mass is 10.4. The maximum Gasteiger partial charge on any atom is 0.229 e. The summed E-state index contributed by atoms with van der Waals surface area (Å²) in [4.78, 5) is 12.9. The molecule has 1 aromatic rings. The molecule has 0 saturated carbocycles. The van der Waals surface area contributed by atoms with E-state index < -0.39 is 0 Å². The molecule has 4 N–H and O–H groups in total. The zero-order valence-electron chi connectivity index (χ0n) is 12.1. The van der Waals surface area contributed by atoms with Crippen LogP contribution >= 0.6 is 0 Å². The van der Waals surface area contributed by atoms with E-state index in [1.165, 1.54) is 0 Å². The van der Waals surface area contributed by atoms with Crippen LogP contribution in [0.3, 0.4) is 0 Å². The lowest BCUT2D eigenvalue weighted by Gasteiger charge is -2.13. The van der Waals surface area contributed by atoms with E-state index in [1.54, 1.807) is 0 Å². The molecule has 7 nitrogen and oxygen atoms in total. The molecule has 19 heavy (non-hydrogen) atoms. The maximum atomic E-state index is 8.77. The van der Waals surface area contributed by atoms with Crippen molar-refractivity contribution in [3.05, 3.63) is 0 Å². The Labute approximate surface area is 114 Å². The van der Waals surface area contributed by atoms with Crippen molar-refractivity contribution in [1.82, 2.24) is 15.0 Å². The zero-order valence-corrected chi connectivity index (χ0v) is 12.1. The zero-order chi connectivity index (χ0) is 14.3. The molecule has 0 aromatic carbocycles. The minimum atomic E-state index is 0.145. The maximum absolute atomic E-state index is 8.77. The van der Waals surface area contributed by atoms with Crippen molar-refractivity contribution in [2.75, 3.05) is 29.1 Å². The average Bonchev–Trinajstić information content (AvgIpc) is 2.27. The summed E-state index contributed by atoms with van der Waals surface area (Å²) in [7, 11) is 0. The minimum Gasteiger partial charge on any atom is -0.396 e. The third-order valence-corrected chi connectivity index (χ3v) is 2.09. The number of aliphatic hydroxyl groups excluding tert-OH is 1. The second kappa shape index (κ2) is 7.73. The van der Waals surface area contributed by atoms with Gasteiger partial charge in [-0.15, -0.1) is 0 Å². The molecule has 1 rings (SSSR count). The van der Waals surface area contributed by atoms with E-state index in [0.29, 0.717) is 30.8 Å². The Morgan fingerprint density at radius 2 is 1.37 bits per heavy atom. The number of rotatable bonds is 8. The third-order valence-electron chi connectivity index (χ3n) is 2.09. The fourth-order valence-corrected chi connectivity index (χ4v) is 1.38. The first-order chi connectivity index (χ1) is 9.01. The van der Waals surface area contributed by atoms with Crippen LogP contribution in [-0.2, 0) is 0 Å². The van der Waals surface area contributed by atoms with Gasteiger partial charge >= 0.3 is 0 Å². The van der Waals surface area contributed by atoms with Crippen LogP contribution in [0.2, 0.25) is 0 Å². The Morgan fingerprint density at radius 1 is 0.895 bits per heavy atom. The van der Waals surface area contributed by atoms with E-state index in [1.807, 2.05) is 27.7 Å². The first kappa shape index (κ1) is 15.4. The topological polar surface area (TPSA) is 95.0 Å². The Balaban J connectivity index is 2.82. The molecular formula is C12H24N6O. The molecule has 0 aliphatic carbocycles. The Bertz CT molecular complexity index is 354. The van der Waals surface area contributed by atoms with Gasteiger partial charge in [0, 0.05) is 25.2 Å². The molecule has 108 valence electrons. The molecule has 0 aliphatic rings. The van der Waals surface area contributed by atoms with Gasteiger partial charge in [0.05, 0.1) is 0 Å². The van der Waals surface area contributed by atoms with Crippen LogP contribution < -0.4 is 16.0 Å². The Hall–Kier alpha value is -1.63. The lowest BCUT2D eigenvalue weighted by Crippen LogP contribution is -2.19. The van der Waals surface area contributed by atoms with Crippen molar-refractivity contribution < 1.29 is 5.11 Å². The van der Waals surface area contributed by atoms with Crippen LogP contribution in [0.5, 0.6) is 0 Å². The van der Waals surface area contributed by atoms with Gasteiger partial charge in [0.25, 0.3) is 0 Å². The van der Waals surface area contributed by atoms with E-state index in [-0.39, 0.29) is 18.7 Å². The molecule has 0 saturated heterocycles. The molecule has 0 amide bonds. The van der Waals surface area contributed by atoms with Gasteiger partial charge in [-0.05, 0) is 34.1 Å². The quantitative estimate of drug-likeness (QED) is 0.528. The molecule has 0 fully saturated rings. The largest absolute Gasteiger partial charge is 0.396 e. The van der Waals surface area contributed by atoms with Crippen molar-refractivity contribution in [2.24, 2.45) is 0 Å². The monoisotopic (exact) mass is 268 g/mol. The van der Waals surface area contributed by atoms with E-state index in [9.17, 15) is 0 Å². The van der Waals surface area contributed by atoms with E-state index in [0.717, 1.165) is 0 Å². The van der Waals surface area contributed by atoms with Crippen LogP contribution in [0, 0.1) is 0 Å². The molecule has 0 atom stereocenters. The smallest absolute Gasteiger partial charge is 0.229 e. The third kappa shape index (κ3) is 6.19. The summed E-state index contributed by atoms with van der Waals surface area (Å²) in [5.41, 5.74) is 0. The summed E-state index contributed by atoms with van der Waals surface area (Å²) in [5.74, 6) is 1.59. The second-order valence-corrected chi connectivity index (χ2v) is 4.91. The summed E-state index contributed by atoms with van der Waals surface area (Å²) in [6.07, 6.45) is 0.658. The van der Waals surface area contributed by atoms with Crippen LogP contribution in [0.4, 0.5) is 17.8 Å². The van der Waals surface area contributed by atoms with Gasteiger partial charge in [0.2, 0.25) is 17.8 Å². The van der Waals surface area contributed by atoms with Gasteiger partial charge in [0.1, 0.15) is 0 Å². The molecule has 0 radical (unpaired) electrons. The van der Waals surface area contributed by atoms with Gasteiger partial charge in [-0.3, -0.25) is 0 Å². The SMILES string of the molecule is CC(C)Nc1nc(NCCCO)nc(NC(C)C)n1. The fourth-order valence-electron chi connectivity index (χ4n) is 1.38. The first-order valence-corrected chi connectivity index (χ1v) is 6.65. The number of nitrogens with zero attached hydrogens (tertiary/aromatic N) is 3. The molecule has 0 unspecified atom stereocenters. The Morgan fingerprint density at radius 3 is 1.79 bits per heavy atom. The van der Waals surface area contributed by atoms with Crippen molar-refractivity contribution >= 4 is 17.8 Å². The highest BCUT2D eigenvalue weighted by Gasteiger charge is 2.08. The predicted octanol–water partition coefficient (Wildman–Crippen LogP) is 1.31.